The van der Waals surface area contributed by atoms with E-state index in [9.17, 15) is 0 Å². The van der Waals surface area contributed by atoms with Crippen molar-refractivity contribution in [1.82, 2.24) is 0 Å². The first kappa shape index (κ1) is 19.0. The van der Waals surface area contributed by atoms with E-state index in [1.54, 1.807) is 0 Å². The molecule has 1 saturated heterocycles. The molecule has 3 N–H and O–H groups in total. The zero-order valence-corrected chi connectivity index (χ0v) is 12.3. The highest BCUT2D eigenvalue weighted by atomic mass is 31.2. The fraction of sp³-hybridized carbons (Fsp3) is 1.00. The van der Waals surface area contributed by atoms with E-state index in [1.165, 1.54) is 32.1 Å². The fourth-order valence-corrected chi connectivity index (χ4v) is 1.49. The van der Waals surface area contributed by atoms with Gasteiger partial charge in [-0.25, -0.2) is 4.57 Å². The summed E-state index contributed by atoms with van der Waals surface area (Å²) < 4.78 is 24.6. The molecule has 0 aliphatic carbocycles. The van der Waals surface area contributed by atoms with Crippen molar-refractivity contribution >= 4 is 7.82 Å². The van der Waals surface area contributed by atoms with Gasteiger partial charge in [-0.3, -0.25) is 0 Å². The molecule has 1 fully saturated rings. The van der Waals surface area contributed by atoms with Crippen molar-refractivity contribution in [2.45, 2.75) is 51.9 Å². The maximum absolute atomic E-state index is 8.88. The molecule has 7 nitrogen and oxygen atoms in total. The largest absolute Gasteiger partial charge is 0.466 e. The van der Waals surface area contributed by atoms with Crippen molar-refractivity contribution < 1.29 is 33.5 Å². The second kappa shape index (κ2) is 11.8. The lowest BCUT2D eigenvalue weighted by Crippen LogP contribution is -2.13. The SMILES string of the molecule is CCCCCCCCOC1OCCO1.O=P(O)(O)O. The van der Waals surface area contributed by atoms with Crippen molar-refractivity contribution in [2.75, 3.05) is 19.8 Å². The molecule has 0 radical (unpaired) electrons. The van der Waals surface area contributed by atoms with Gasteiger partial charge in [0.25, 0.3) is 6.48 Å². The average Bonchev–Trinajstić information content (AvgIpc) is 2.78. The van der Waals surface area contributed by atoms with Gasteiger partial charge in [0.05, 0.1) is 19.8 Å². The predicted octanol–water partition coefficient (Wildman–Crippen LogP) is 1.77. The van der Waals surface area contributed by atoms with Crippen LogP contribution in [0.5, 0.6) is 0 Å². The summed E-state index contributed by atoms with van der Waals surface area (Å²) in [6.45, 7) is 3.95. The minimum atomic E-state index is -4.64. The fourth-order valence-electron chi connectivity index (χ4n) is 1.49. The number of ether oxygens (including phenoxy) is 3. The summed E-state index contributed by atoms with van der Waals surface area (Å²) in [5.41, 5.74) is 0. The Labute approximate surface area is 114 Å². The monoisotopic (exact) mass is 300 g/mol. The summed E-state index contributed by atoms with van der Waals surface area (Å²) in [6, 6.07) is 0. The zero-order valence-electron chi connectivity index (χ0n) is 11.4. The third kappa shape index (κ3) is 18.0. The molecule has 1 rings (SSSR count). The van der Waals surface area contributed by atoms with Crippen LogP contribution in [0.15, 0.2) is 0 Å². The summed E-state index contributed by atoms with van der Waals surface area (Å²) in [5, 5.41) is 0. The van der Waals surface area contributed by atoms with Gasteiger partial charge in [-0.15, -0.1) is 0 Å². The Hall–Kier alpha value is -0.0100. The molecule has 1 aliphatic rings. The molecule has 19 heavy (non-hydrogen) atoms. The van der Waals surface area contributed by atoms with Crippen LogP contribution in [0.1, 0.15) is 45.4 Å². The molecule has 0 bridgehead atoms. The summed E-state index contributed by atoms with van der Waals surface area (Å²) in [7, 11) is -4.64. The van der Waals surface area contributed by atoms with Crippen LogP contribution < -0.4 is 0 Å². The van der Waals surface area contributed by atoms with Crippen molar-refractivity contribution in [3.8, 4) is 0 Å². The quantitative estimate of drug-likeness (QED) is 0.463. The summed E-state index contributed by atoms with van der Waals surface area (Å²) in [5.74, 6) is 0. The van der Waals surface area contributed by atoms with E-state index < -0.39 is 7.82 Å². The van der Waals surface area contributed by atoms with Crippen LogP contribution in [0.2, 0.25) is 0 Å². The van der Waals surface area contributed by atoms with Crippen molar-refractivity contribution in [1.29, 1.82) is 0 Å². The minimum Gasteiger partial charge on any atom is -0.330 e. The Morgan fingerprint density at radius 2 is 1.53 bits per heavy atom. The van der Waals surface area contributed by atoms with E-state index in [0.29, 0.717) is 13.2 Å². The van der Waals surface area contributed by atoms with Crippen LogP contribution in [-0.4, -0.2) is 41.0 Å². The van der Waals surface area contributed by atoms with Crippen LogP contribution in [0, 0.1) is 0 Å². The maximum Gasteiger partial charge on any atom is 0.466 e. The van der Waals surface area contributed by atoms with E-state index >= 15 is 0 Å². The molecule has 0 aromatic carbocycles. The molecule has 116 valence electrons. The van der Waals surface area contributed by atoms with Crippen LogP contribution in [0.3, 0.4) is 0 Å². The van der Waals surface area contributed by atoms with E-state index in [0.717, 1.165) is 13.0 Å². The highest BCUT2D eigenvalue weighted by molar-refractivity contribution is 7.45. The van der Waals surface area contributed by atoms with Crippen LogP contribution in [-0.2, 0) is 18.8 Å². The third-order valence-corrected chi connectivity index (χ3v) is 2.34. The molecule has 0 unspecified atom stereocenters. The molecule has 0 atom stereocenters. The molecular formula is C11H25O7P. The van der Waals surface area contributed by atoms with Crippen molar-refractivity contribution in [3.05, 3.63) is 0 Å². The average molecular weight is 300 g/mol. The number of hydrogen-bond acceptors (Lipinski definition) is 4. The van der Waals surface area contributed by atoms with Gasteiger partial charge < -0.3 is 28.9 Å². The summed E-state index contributed by atoms with van der Waals surface area (Å²) in [4.78, 5) is 21.6. The number of phosphoric acid groups is 1. The molecule has 0 saturated carbocycles. The molecule has 1 aliphatic heterocycles. The van der Waals surface area contributed by atoms with E-state index in [-0.39, 0.29) is 6.48 Å². The van der Waals surface area contributed by atoms with Gasteiger partial charge in [0.2, 0.25) is 0 Å². The normalized spacial score (nSPS) is 16.2. The molecule has 8 heteroatoms. The van der Waals surface area contributed by atoms with Gasteiger partial charge in [-0.05, 0) is 6.42 Å². The molecular weight excluding hydrogens is 275 g/mol. The highest BCUT2D eigenvalue weighted by Gasteiger charge is 2.15. The van der Waals surface area contributed by atoms with E-state index in [4.69, 9.17) is 33.5 Å². The summed E-state index contributed by atoms with van der Waals surface area (Å²) in [6.07, 6.45) is 7.71. The lowest BCUT2D eigenvalue weighted by atomic mass is 10.1. The van der Waals surface area contributed by atoms with Gasteiger partial charge >= 0.3 is 7.82 Å². The van der Waals surface area contributed by atoms with Crippen molar-refractivity contribution in [3.63, 3.8) is 0 Å². The van der Waals surface area contributed by atoms with Gasteiger partial charge in [0.15, 0.2) is 0 Å². The second-order valence-corrected chi connectivity index (χ2v) is 5.21. The van der Waals surface area contributed by atoms with Crippen LogP contribution in [0.4, 0.5) is 0 Å². The Morgan fingerprint density at radius 1 is 1.05 bits per heavy atom. The van der Waals surface area contributed by atoms with Gasteiger partial charge in [-0.1, -0.05) is 39.0 Å². The molecule has 0 aromatic heterocycles. The lowest BCUT2D eigenvalue weighted by Gasteiger charge is -2.09. The Balaban J connectivity index is 0.000000555. The van der Waals surface area contributed by atoms with Gasteiger partial charge in [0, 0.05) is 0 Å². The van der Waals surface area contributed by atoms with Gasteiger partial charge in [0.1, 0.15) is 0 Å². The number of unbranched alkanes of at least 4 members (excludes halogenated alkanes) is 5. The molecule has 0 spiro atoms. The smallest absolute Gasteiger partial charge is 0.330 e. The van der Waals surface area contributed by atoms with Gasteiger partial charge in [-0.2, -0.15) is 0 Å². The highest BCUT2D eigenvalue weighted by Crippen LogP contribution is 2.25. The maximum atomic E-state index is 8.88. The molecule has 1 heterocycles. The third-order valence-electron chi connectivity index (χ3n) is 2.34. The lowest BCUT2D eigenvalue weighted by molar-refractivity contribution is -0.230. The first-order valence-corrected chi connectivity index (χ1v) is 8.13. The van der Waals surface area contributed by atoms with E-state index in [2.05, 4.69) is 6.92 Å². The zero-order chi connectivity index (χ0) is 14.6. The Bertz CT molecular complexity index is 229. The first-order chi connectivity index (χ1) is 8.93. The topological polar surface area (TPSA) is 105 Å². The number of rotatable bonds is 8. The van der Waals surface area contributed by atoms with Crippen LogP contribution in [0.25, 0.3) is 0 Å². The standard InChI is InChI=1S/C11H22O3.H3O4P/c1-2-3-4-5-6-7-8-12-11-13-9-10-14-11;1-5(2,3)4/h11H,2-10H2,1H3;(H3,1,2,3,4). The second-order valence-electron chi connectivity index (χ2n) is 4.18. The Morgan fingerprint density at radius 3 is 2.05 bits per heavy atom. The van der Waals surface area contributed by atoms with Crippen molar-refractivity contribution in [2.24, 2.45) is 0 Å². The summed E-state index contributed by atoms with van der Waals surface area (Å²) >= 11 is 0. The van der Waals surface area contributed by atoms with Crippen LogP contribution >= 0.6 is 7.82 Å². The first-order valence-electron chi connectivity index (χ1n) is 6.56. The molecule has 0 aromatic rings. The minimum absolute atomic E-state index is 0.384. The predicted molar refractivity (Wildman–Crippen MR) is 69.3 cm³/mol. The Kier molecular flexibility index (Phi) is 11.8. The molecule has 0 amide bonds. The number of hydrogen-bond donors (Lipinski definition) is 3. The van der Waals surface area contributed by atoms with E-state index in [1.807, 2.05) is 0 Å².